The first-order valence-corrected chi connectivity index (χ1v) is 9.68. The molecule has 4 rings (SSSR count). The number of Topliss-reactive ketones (excluding diaryl/α,β-unsaturated/α-hetero) is 1. The fraction of sp³-hybridized carbons (Fsp3) is 0.348. The summed E-state index contributed by atoms with van der Waals surface area (Å²) in [6, 6.07) is 14.0. The summed E-state index contributed by atoms with van der Waals surface area (Å²) in [6.07, 6.45) is 5.81. The van der Waals surface area contributed by atoms with Crippen LogP contribution >= 0.6 is 0 Å². The van der Waals surface area contributed by atoms with Crippen molar-refractivity contribution in [2.45, 2.75) is 45.4 Å². The predicted molar refractivity (Wildman–Crippen MR) is 108 cm³/mol. The molecule has 0 aromatic heterocycles. The molecule has 1 aliphatic heterocycles. The van der Waals surface area contributed by atoms with Crippen molar-refractivity contribution in [3.05, 3.63) is 59.2 Å². The Bertz CT molecular complexity index is 906. The number of fused-ring (bicyclic) bond motifs is 1. The summed E-state index contributed by atoms with van der Waals surface area (Å²) in [4.78, 5) is 28.4. The molecule has 0 bridgehead atoms. The van der Waals surface area contributed by atoms with Crippen LogP contribution in [0.1, 0.15) is 49.3 Å². The van der Waals surface area contributed by atoms with Crippen LogP contribution in [0.15, 0.2) is 47.5 Å². The lowest BCUT2D eigenvalue weighted by Crippen LogP contribution is -2.13. The van der Waals surface area contributed by atoms with Crippen LogP contribution in [-0.2, 0) is 22.4 Å². The minimum absolute atomic E-state index is 0.0759. The summed E-state index contributed by atoms with van der Waals surface area (Å²) in [5, 5.41) is 2.78. The SMILES string of the molecule is CC(=O)Nc1ccc(C2=Nc3cc(CC(=O)C4CCCC4)ccc3C2)cc1. The van der Waals surface area contributed by atoms with Gasteiger partial charge in [0.15, 0.2) is 0 Å². The van der Waals surface area contributed by atoms with Crippen molar-refractivity contribution in [3.63, 3.8) is 0 Å². The Morgan fingerprint density at radius 1 is 1.07 bits per heavy atom. The Labute approximate surface area is 159 Å². The first-order valence-electron chi connectivity index (χ1n) is 9.68. The number of carbonyl (C=O) groups excluding carboxylic acids is 2. The lowest BCUT2D eigenvalue weighted by molar-refractivity contribution is -0.122. The van der Waals surface area contributed by atoms with Gasteiger partial charge in [-0.25, -0.2) is 0 Å². The van der Waals surface area contributed by atoms with Crippen LogP contribution in [0.4, 0.5) is 11.4 Å². The van der Waals surface area contributed by atoms with Gasteiger partial charge >= 0.3 is 0 Å². The Balaban J connectivity index is 1.48. The number of amides is 1. The highest BCUT2D eigenvalue weighted by Crippen LogP contribution is 2.32. The van der Waals surface area contributed by atoms with Gasteiger partial charge in [0, 0.05) is 31.4 Å². The molecule has 2 aromatic rings. The Hall–Kier alpha value is -2.75. The second-order valence-corrected chi connectivity index (χ2v) is 7.58. The molecule has 4 heteroatoms. The molecule has 1 aliphatic carbocycles. The van der Waals surface area contributed by atoms with Crippen LogP contribution in [0.5, 0.6) is 0 Å². The van der Waals surface area contributed by atoms with Crippen molar-refractivity contribution >= 4 is 28.8 Å². The van der Waals surface area contributed by atoms with Crippen LogP contribution in [0.3, 0.4) is 0 Å². The normalized spacial score (nSPS) is 16.1. The van der Waals surface area contributed by atoms with Crippen molar-refractivity contribution in [3.8, 4) is 0 Å². The Morgan fingerprint density at radius 3 is 2.52 bits per heavy atom. The van der Waals surface area contributed by atoms with Gasteiger partial charge in [-0.2, -0.15) is 0 Å². The number of ketones is 1. The molecule has 0 atom stereocenters. The van der Waals surface area contributed by atoms with Crippen LogP contribution < -0.4 is 5.32 Å². The van der Waals surface area contributed by atoms with E-state index in [0.717, 1.165) is 47.5 Å². The molecule has 0 spiro atoms. The summed E-state index contributed by atoms with van der Waals surface area (Å²) in [5.41, 5.74) is 6.12. The summed E-state index contributed by atoms with van der Waals surface area (Å²) in [5.74, 6) is 0.565. The van der Waals surface area contributed by atoms with Crippen LogP contribution in [0.25, 0.3) is 0 Å². The molecule has 1 heterocycles. The number of anilines is 1. The zero-order chi connectivity index (χ0) is 18.8. The third-order valence-electron chi connectivity index (χ3n) is 5.49. The number of nitrogens with one attached hydrogen (secondary N) is 1. The largest absolute Gasteiger partial charge is 0.326 e. The molecular weight excluding hydrogens is 336 g/mol. The van der Waals surface area contributed by atoms with Crippen LogP contribution in [-0.4, -0.2) is 17.4 Å². The topological polar surface area (TPSA) is 58.5 Å². The second kappa shape index (κ2) is 7.47. The van der Waals surface area contributed by atoms with Gasteiger partial charge in [0.1, 0.15) is 5.78 Å². The molecule has 2 aromatic carbocycles. The van der Waals surface area contributed by atoms with Gasteiger partial charge in [0.05, 0.1) is 11.4 Å². The van der Waals surface area contributed by atoms with E-state index in [9.17, 15) is 9.59 Å². The Kier molecular flexibility index (Phi) is 4.88. The smallest absolute Gasteiger partial charge is 0.221 e. The standard InChI is InChI=1S/C23H24N2O2/c1-15(26)24-20-10-8-17(9-11-20)22-14-19-7-6-16(12-21(19)25-22)13-23(27)18-4-2-3-5-18/h6-12,18H,2-5,13-14H2,1H3,(H,24,26). The number of hydrogen-bond acceptors (Lipinski definition) is 3. The highest BCUT2D eigenvalue weighted by molar-refractivity contribution is 6.07. The zero-order valence-electron chi connectivity index (χ0n) is 15.6. The molecule has 1 saturated carbocycles. The van der Waals surface area contributed by atoms with Crippen molar-refractivity contribution < 1.29 is 9.59 Å². The van der Waals surface area contributed by atoms with E-state index in [0.29, 0.717) is 12.2 Å². The third-order valence-corrected chi connectivity index (χ3v) is 5.49. The predicted octanol–water partition coefficient (Wildman–Crippen LogP) is 4.62. The van der Waals surface area contributed by atoms with Crippen molar-refractivity contribution in [1.82, 2.24) is 0 Å². The Morgan fingerprint density at radius 2 is 1.81 bits per heavy atom. The van der Waals surface area contributed by atoms with Gasteiger partial charge in [-0.15, -0.1) is 0 Å². The number of aliphatic imine (C=N–C) groups is 1. The van der Waals surface area contributed by atoms with Gasteiger partial charge in [0.2, 0.25) is 5.91 Å². The van der Waals surface area contributed by atoms with E-state index >= 15 is 0 Å². The lowest BCUT2D eigenvalue weighted by atomic mass is 9.95. The fourth-order valence-electron chi connectivity index (χ4n) is 4.05. The lowest BCUT2D eigenvalue weighted by Gasteiger charge is -2.08. The molecule has 1 N–H and O–H groups in total. The average molecular weight is 360 g/mol. The van der Waals surface area contributed by atoms with Gasteiger partial charge in [-0.1, -0.05) is 37.1 Å². The summed E-state index contributed by atoms with van der Waals surface area (Å²) in [6.45, 7) is 1.50. The van der Waals surface area contributed by atoms with E-state index in [4.69, 9.17) is 4.99 Å². The first kappa shape index (κ1) is 17.7. The number of rotatable bonds is 5. The molecule has 4 nitrogen and oxygen atoms in total. The fourth-order valence-corrected chi connectivity index (χ4v) is 4.05. The maximum Gasteiger partial charge on any atom is 0.221 e. The quantitative estimate of drug-likeness (QED) is 0.845. The molecule has 1 amide bonds. The van der Waals surface area contributed by atoms with Crippen molar-refractivity contribution in [2.75, 3.05) is 5.32 Å². The monoisotopic (exact) mass is 360 g/mol. The van der Waals surface area contributed by atoms with Crippen molar-refractivity contribution in [1.29, 1.82) is 0 Å². The number of carbonyl (C=O) groups is 2. The van der Waals surface area contributed by atoms with E-state index < -0.39 is 0 Å². The number of benzene rings is 2. The van der Waals surface area contributed by atoms with E-state index in [1.807, 2.05) is 24.3 Å². The van der Waals surface area contributed by atoms with E-state index in [2.05, 4.69) is 23.5 Å². The van der Waals surface area contributed by atoms with Gasteiger partial charge in [-0.05, 0) is 47.7 Å². The summed E-state index contributed by atoms with van der Waals surface area (Å²) in [7, 11) is 0. The maximum absolute atomic E-state index is 12.4. The summed E-state index contributed by atoms with van der Waals surface area (Å²) < 4.78 is 0. The average Bonchev–Trinajstić information content (AvgIpc) is 3.31. The van der Waals surface area contributed by atoms with Gasteiger partial charge in [-0.3, -0.25) is 14.6 Å². The zero-order valence-corrected chi connectivity index (χ0v) is 15.6. The van der Waals surface area contributed by atoms with Crippen molar-refractivity contribution in [2.24, 2.45) is 10.9 Å². The maximum atomic E-state index is 12.4. The van der Waals surface area contributed by atoms with E-state index in [1.54, 1.807) is 0 Å². The molecule has 0 radical (unpaired) electrons. The molecule has 27 heavy (non-hydrogen) atoms. The highest BCUT2D eigenvalue weighted by atomic mass is 16.1. The molecule has 0 saturated heterocycles. The van der Waals surface area contributed by atoms with Crippen LogP contribution in [0.2, 0.25) is 0 Å². The third kappa shape index (κ3) is 4.00. The number of hydrogen-bond donors (Lipinski definition) is 1. The highest BCUT2D eigenvalue weighted by Gasteiger charge is 2.23. The van der Waals surface area contributed by atoms with E-state index in [1.165, 1.54) is 25.3 Å². The first-order chi connectivity index (χ1) is 13.1. The van der Waals surface area contributed by atoms with Gasteiger partial charge in [0.25, 0.3) is 0 Å². The van der Waals surface area contributed by atoms with Crippen LogP contribution in [0, 0.1) is 5.92 Å². The molecular formula is C23H24N2O2. The van der Waals surface area contributed by atoms with E-state index in [-0.39, 0.29) is 11.8 Å². The minimum Gasteiger partial charge on any atom is -0.326 e. The van der Waals surface area contributed by atoms with Gasteiger partial charge < -0.3 is 5.32 Å². The molecule has 138 valence electrons. The molecule has 2 aliphatic rings. The summed E-state index contributed by atoms with van der Waals surface area (Å²) >= 11 is 0. The number of nitrogens with zero attached hydrogens (tertiary/aromatic N) is 1. The molecule has 0 unspecified atom stereocenters. The minimum atomic E-state index is -0.0759. The second-order valence-electron chi connectivity index (χ2n) is 7.58. The molecule has 1 fully saturated rings.